The van der Waals surface area contributed by atoms with Crippen LogP contribution in [0.25, 0.3) is 16.7 Å². The van der Waals surface area contributed by atoms with Crippen molar-refractivity contribution in [3.8, 4) is 5.69 Å². The van der Waals surface area contributed by atoms with E-state index in [1.54, 1.807) is 30.3 Å². The summed E-state index contributed by atoms with van der Waals surface area (Å²) in [5, 5.41) is 19.0. The van der Waals surface area contributed by atoms with Gasteiger partial charge in [0.2, 0.25) is 0 Å². The molecule has 0 radical (unpaired) electrons. The fourth-order valence-electron chi connectivity index (χ4n) is 3.76. The first-order valence-corrected chi connectivity index (χ1v) is 12.4. The van der Waals surface area contributed by atoms with Crippen LogP contribution in [-0.4, -0.2) is 94.1 Å². The normalized spacial score (nSPS) is 14.7. The second-order valence-electron chi connectivity index (χ2n) is 8.43. The average Bonchev–Trinajstić information content (AvgIpc) is 3.35. The number of aromatic nitrogens is 2. The van der Waals surface area contributed by atoms with Crippen molar-refractivity contribution in [2.75, 3.05) is 46.4 Å². The van der Waals surface area contributed by atoms with Crippen molar-refractivity contribution in [2.24, 2.45) is 0 Å². The molecule has 0 aliphatic carbocycles. The number of rotatable bonds is 7. The molecule has 2 N–H and O–H groups in total. The fraction of sp³-hybridized carbons (Fsp3) is 0.444. The molecule has 1 aliphatic heterocycles. The molecule has 3 heterocycles. The Morgan fingerprint density at radius 1 is 1.08 bits per heavy atom. The number of aliphatic hydroxyl groups excluding tert-OH is 2. The lowest BCUT2D eigenvalue weighted by molar-refractivity contribution is -0.0504. The number of pyridine rings is 1. The molecule has 0 saturated carbocycles. The predicted molar refractivity (Wildman–Crippen MR) is 140 cm³/mol. The Kier molecular flexibility index (Phi) is 11.8. The van der Waals surface area contributed by atoms with E-state index in [0.717, 1.165) is 23.0 Å². The monoisotopic (exact) mass is 518 g/mol. The molecule has 202 valence electrons. The number of aldehydes is 1. The van der Waals surface area contributed by atoms with E-state index >= 15 is 0 Å². The highest BCUT2D eigenvalue weighted by molar-refractivity contribution is 5.94. The molecule has 1 aliphatic rings. The molecule has 1 aromatic carbocycles. The summed E-state index contributed by atoms with van der Waals surface area (Å²) >= 11 is 0. The quantitative estimate of drug-likeness (QED) is 0.464. The number of halogens is 2. The van der Waals surface area contributed by atoms with Crippen LogP contribution in [0.2, 0.25) is 0 Å². The van der Waals surface area contributed by atoms with E-state index < -0.39 is 5.92 Å². The van der Waals surface area contributed by atoms with Gasteiger partial charge < -0.3 is 24.6 Å². The maximum absolute atomic E-state index is 12.5. The maximum atomic E-state index is 12.5. The number of alkyl halides is 2. The van der Waals surface area contributed by atoms with Gasteiger partial charge in [0, 0.05) is 73.6 Å². The Balaban J connectivity index is 0.000000367. The molecule has 2 aromatic heterocycles. The first-order chi connectivity index (χ1) is 17.8. The molecule has 0 atom stereocenters. The Bertz CT molecular complexity index is 1120. The summed E-state index contributed by atoms with van der Waals surface area (Å²) in [7, 11) is 1.87. The minimum atomic E-state index is -2.38. The third-order valence-corrected chi connectivity index (χ3v) is 5.82. The number of aliphatic hydroxyl groups is 2. The highest BCUT2D eigenvalue weighted by Crippen LogP contribution is 2.26. The molecule has 1 amide bonds. The highest BCUT2D eigenvalue weighted by Gasteiger charge is 2.32. The number of nitrogens with zero attached hydrogens (tertiary/aromatic N) is 4. The summed E-state index contributed by atoms with van der Waals surface area (Å²) in [5.74, 6) is -2.63. The minimum absolute atomic E-state index is 0.0312. The number of benzene rings is 1. The molecule has 0 unspecified atom stereocenters. The second kappa shape index (κ2) is 14.5. The number of carbonyl (C=O) groups excluding carboxylic acids is 2. The summed E-state index contributed by atoms with van der Waals surface area (Å²) in [6.45, 7) is 5.10. The topological polar surface area (TPSA) is 98.9 Å². The Morgan fingerprint density at radius 3 is 2.19 bits per heavy atom. The Labute approximate surface area is 216 Å². The molecule has 0 bridgehead atoms. The molecule has 1 saturated heterocycles. The van der Waals surface area contributed by atoms with Crippen molar-refractivity contribution >= 4 is 23.2 Å². The minimum Gasteiger partial charge on any atom is -0.395 e. The Morgan fingerprint density at radius 2 is 1.68 bits per heavy atom. The Hall–Kier alpha value is -3.21. The molecule has 3 aromatic rings. The lowest BCUT2D eigenvalue weighted by Crippen LogP contribution is -2.36. The van der Waals surface area contributed by atoms with Gasteiger partial charge in [-0.15, -0.1) is 0 Å². The van der Waals surface area contributed by atoms with E-state index in [1.165, 1.54) is 11.1 Å². The van der Waals surface area contributed by atoms with Crippen LogP contribution < -0.4 is 0 Å². The van der Waals surface area contributed by atoms with E-state index in [-0.39, 0.29) is 45.1 Å². The molecule has 4 rings (SSSR count). The fourth-order valence-corrected chi connectivity index (χ4v) is 3.76. The van der Waals surface area contributed by atoms with Gasteiger partial charge in [0.1, 0.15) is 5.65 Å². The zero-order valence-electron chi connectivity index (χ0n) is 21.6. The second-order valence-corrected chi connectivity index (χ2v) is 8.43. The van der Waals surface area contributed by atoms with Gasteiger partial charge in [-0.2, -0.15) is 0 Å². The van der Waals surface area contributed by atoms with Gasteiger partial charge in [-0.3, -0.25) is 9.59 Å². The lowest BCUT2D eigenvalue weighted by atomic mass is 10.1. The molecule has 1 fully saturated rings. The van der Waals surface area contributed by atoms with E-state index in [2.05, 4.69) is 4.98 Å². The van der Waals surface area contributed by atoms with Gasteiger partial charge in [0.05, 0.1) is 13.2 Å². The summed E-state index contributed by atoms with van der Waals surface area (Å²) in [5.41, 5.74) is 2.54. The number of fused-ring (bicyclic) bond motifs is 1. The van der Waals surface area contributed by atoms with Crippen molar-refractivity contribution < 1.29 is 28.6 Å². The lowest BCUT2D eigenvalue weighted by Gasteiger charge is -2.28. The third-order valence-electron chi connectivity index (χ3n) is 5.82. The van der Waals surface area contributed by atoms with Crippen LogP contribution in [0.5, 0.6) is 0 Å². The SMILES string of the molecule is CC.CN1CCC(F)(F)CC1.O=Cc1cnc2c(ccn2-c2ccc(C(=O)N(CCO)CCO)cc2)c1. The summed E-state index contributed by atoms with van der Waals surface area (Å²) < 4.78 is 26.6. The van der Waals surface area contributed by atoms with Crippen LogP contribution in [0, 0.1) is 0 Å². The summed E-state index contributed by atoms with van der Waals surface area (Å²) in [4.78, 5) is 31.0. The van der Waals surface area contributed by atoms with Crippen LogP contribution in [-0.2, 0) is 0 Å². The van der Waals surface area contributed by atoms with Crippen molar-refractivity contribution in [1.29, 1.82) is 0 Å². The number of carbonyl (C=O) groups is 2. The molecular weight excluding hydrogens is 482 g/mol. The van der Waals surface area contributed by atoms with Gasteiger partial charge >= 0.3 is 0 Å². The van der Waals surface area contributed by atoms with Crippen molar-refractivity contribution in [2.45, 2.75) is 32.6 Å². The van der Waals surface area contributed by atoms with Crippen molar-refractivity contribution in [1.82, 2.24) is 19.4 Å². The number of hydrogen-bond donors (Lipinski definition) is 2. The van der Waals surface area contributed by atoms with Gasteiger partial charge in [-0.25, -0.2) is 13.8 Å². The van der Waals surface area contributed by atoms with Gasteiger partial charge in [-0.05, 0) is 43.4 Å². The van der Waals surface area contributed by atoms with Crippen LogP contribution in [0.4, 0.5) is 8.78 Å². The molecule has 10 heteroatoms. The summed E-state index contributed by atoms with van der Waals surface area (Å²) in [6, 6.07) is 10.6. The number of amides is 1. The highest BCUT2D eigenvalue weighted by atomic mass is 19.3. The van der Waals surface area contributed by atoms with Crippen molar-refractivity contribution in [3.05, 3.63) is 59.9 Å². The van der Waals surface area contributed by atoms with E-state index in [0.29, 0.717) is 24.2 Å². The number of piperidine rings is 1. The van der Waals surface area contributed by atoms with Gasteiger partial charge in [-0.1, -0.05) is 13.8 Å². The third kappa shape index (κ3) is 8.41. The molecule has 37 heavy (non-hydrogen) atoms. The first-order valence-electron chi connectivity index (χ1n) is 12.4. The average molecular weight is 519 g/mol. The van der Waals surface area contributed by atoms with E-state index in [1.807, 2.05) is 42.6 Å². The molecule has 0 spiro atoms. The van der Waals surface area contributed by atoms with E-state index in [4.69, 9.17) is 10.2 Å². The van der Waals surface area contributed by atoms with Crippen LogP contribution in [0.3, 0.4) is 0 Å². The number of likely N-dealkylation sites (tertiary alicyclic amines) is 1. The van der Waals surface area contributed by atoms with Crippen LogP contribution in [0.1, 0.15) is 47.4 Å². The zero-order valence-corrected chi connectivity index (χ0v) is 21.6. The molecule has 8 nitrogen and oxygen atoms in total. The first kappa shape index (κ1) is 30.0. The van der Waals surface area contributed by atoms with Crippen LogP contribution in [0.15, 0.2) is 48.8 Å². The predicted octanol–water partition coefficient (Wildman–Crippen LogP) is 3.64. The van der Waals surface area contributed by atoms with E-state index in [9.17, 15) is 18.4 Å². The van der Waals surface area contributed by atoms with Gasteiger partial charge in [0.25, 0.3) is 11.8 Å². The zero-order chi connectivity index (χ0) is 27.4. The van der Waals surface area contributed by atoms with Gasteiger partial charge in [0.15, 0.2) is 6.29 Å². The van der Waals surface area contributed by atoms with Crippen LogP contribution >= 0.6 is 0 Å². The maximum Gasteiger partial charge on any atom is 0.254 e. The largest absolute Gasteiger partial charge is 0.395 e. The standard InChI is InChI=1S/C19H19N3O4.C6H11F2N.C2H6/c23-9-7-21(8-10-24)19(26)15-1-3-17(4-2-15)22-6-5-16-11-14(13-25)12-20-18(16)22;1-9-4-2-6(7,8)3-5-9;1-2/h1-6,11-13,23-24H,7-10H2;2-5H2,1H3;1-2H3. The smallest absolute Gasteiger partial charge is 0.254 e. The van der Waals surface area contributed by atoms with Crippen molar-refractivity contribution in [3.63, 3.8) is 0 Å². The summed E-state index contributed by atoms with van der Waals surface area (Å²) in [6.07, 6.45) is 4.19. The number of hydrogen-bond acceptors (Lipinski definition) is 6. The molecular formula is C27H36F2N4O4.